The molecule has 2 bridgehead atoms. The minimum atomic E-state index is 0. The average molecular weight is 395 g/mol. The highest BCUT2D eigenvalue weighted by molar-refractivity contribution is 4.96. The molecule has 0 N–H and O–H groups in total. The fourth-order valence-corrected chi connectivity index (χ4v) is 4.70. The van der Waals surface area contributed by atoms with Crippen molar-refractivity contribution in [2.24, 2.45) is 23.7 Å². The van der Waals surface area contributed by atoms with E-state index in [1.165, 1.54) is 38.8 Å². The quantitative estimate of drug-likeness (QED) is 0.434. The van der Waals surface area contributed by atoms with Crippen LogP contribution in [0, 0.1) is 23.7 Å². The van der Waals surface area contributed by atoms with Gasteiger partial charge in [0.1, 0.15) is 0 Å². The maximum absolute atomic E-state index is 2.37. The summed E-state index contributed by atoms with van der Waals surface area (Å²) in [6.07, 6.45) is 7.53. The summed E-state index contributed by atoms with van der Waals surface area (Å²) in [7, 11) is 14.1. The molecule has 0 aromatic heterocycles. The van der Waals surface area contributed by atoms with E-state index in [0.29, 0.717) is 0 Å². The molecule has 20 heavy (non-hydrogen) atoms. The molecule has 0 amide bonds. The van der Waals surface area contributed by atoms with Crippen molar-refractivity contribution in [1.82, 2.24) is 0 Å². The number of rotatable bonds is 6. The zero-order chi connectivity index (χ0) is 14.3. The number of fused-ring (bicyclic) bond motifs is 2. The lowest BCUT2D eigenvalue weighted by atomic mass is 9.76. The molecule has 0 saturated heterocycles. The fourth-order valence-electron chi connectivity index (χ4n) is 4.70. The van der Waals surface area contributed by atoms with Crippen LogP contribution in [-0.4, -0.2) is 64.3 Å². The first kappa shape index (κ1) is 18.7. The Kier molecular flexibility index (Phi) is 6.38. The molecule has 0 heterocycles. The smallest absolute Gasteiger partial charge is 0.0814 e. The van der Waals surface area contributed by atoms with Crippen LogP contribution >= 0.6 is 0 Å². The maximum atomic E-state index is 2.37. The summed E-state index contributed by atoms with van der Waals surface area (Å²) in [5.41, 5.74) is 0. The normalized spacial score (nSPS) is 33.3. The van der Waals surface area contributed by atoms with Gasteiger partial charge in [-0.3, -0.25) is 0 Å². The van der Waals surface area contributed by atoms with Crippen molar-refractivity contribution >= 4 is 0 Å². The Morgan fingerprint density at radius 3 is 1.85 bits per heavy atom. The number of hydrogen-bond donors (Lipinski definition) is 0. The van der Waals surface area contributed by atoms with Crippen molar-refractivity contribution in [3.63, 3.8) is 0 Å². The predicted molar refractivity (Wildman–Crippen MR) is 82.8 cm³/mol. The largest absolute Gasteiger partial charge is 1.00 e. The van der Waals surface area contributed by atoms with Crippen LogP contribution in [0.2, 0.25) is 0 Å². The maximum Gasteiger partial charge on any atom is 0.0814 e. The number of hydrogen-bond acceptors (Lipinski definition) is 0. The van der Waals surface area contributed by atoms with Crippen LogP contribution in [0.25, 0.3) is 0 Å². The fraction of sp³-hybridized carbons (Fsp3) is 1.00. The Morgan fingerprint density at radius 2 is 1.35 bits per heavy atom. The monoisotopic (exact) mass is 395 g/mol. The first-order chi connectivity index (χ1) is 8.66. The van der Waals surface area contributed by atoms with Gasteiger partial charge in [-0.2, -0.15) is 0 Å². The van der Waals surface area contributed by atoms with Crippen LogP contribution < -0.4 is 24.0 Å². The van der Waals surface area contributed by atoms with Crippen LogP contribution in [0.3, 0.4) is 0 Å². The highest BCUT2D eigenvalue weighted by atomic mass is 127. The van der Waals surface area contributed by atoms with Gasteiger partial charge in [0.25, 0.3) is 0 Å². The second-order valence-corrected chi connectivity index (χ2v) is 9.29. The van der Waals surface area contributed by atoms with E-state index in [1.54, 1.807) is 6.42 Å². The van der Waals surface area contributed by atoms with Crippen LogP contribution in [-0.2, 0) is 0 Å². The van der Waals surface area contributed by atoms with E-state index in [-0.39, 0.29) is 24.0 Å². The molecular formula is C17H36IN2+. The predicted octanol–water partition coefficient (Wildman–Crippen LogP) is -0.155. The van der Waals surface area contributed by atoms with Crippen molar-refractivity contribution in [3.8, 4) is 0 Å². The topological polar surface area (TPSA) is 0 Å². The molecule has 2 aliphatic rings. The van der Waals surface area contributed by atoms with E-state index in [0.717, 1.165) is 32.6 Å². The summed E-state index contributed by atoms with van der Waals surface area (Å²) in [6, 6.07) is 0. The summed E-state index contributed by atoms with van der Waals surface area (Å²) < 4.78 is 2.28. The lowest BCUT2D eigenvalue weighted by Crippen LogP contribution is -3.00. The summed E-state index contributed by atoms with van der Waals surface area (Å²) in [5, 5.41) is 0. The van der Waals surface area contributed by atoms with E-state index in [1.807, 2.05) is 0 Å². The molecule has 120 valence electrons. The molecule has 0 aromatic carbocycles. The van der Waals surface area contributed by atoms with Crippen molar-refractivity contribution in [3.05, 3.63) is 0 Å². The Balaban J connectivity index is 0.00000200. The third kappa shape index (κ3) is 5.13. The zero-order valence-corrected chi connectivity index (χ0v) is 16.7. The molecule has 2 rings (SSSR count). The van der Waals surface area contributed by atoms with E-state index >= 15 is 0 Å². The lowest BCUT2D eigenvalue weighted by Gasteiger charge is -2.36. The molecule has 2 saturated carbocycles. The summed E-state index contributed by atoms with van der Waals surface area (Å²) in [6.45, 7) is 2.74. The Morgan fingerprint density at radius 1 is 0.800 bits per heavy atom. The molecule has 0 aromatic rings. The summed E-state index contributed by atoms with van der Waals surface area (Å²) >= 11 is 0. The molecule has 4 unspecified atom stereocenters. The zero-order valence-electron chi connectivity index (χ0n) is 14.5. The molecule has 2 aliphatic carbocycles. The SMILES string of the molecule is C[N+](C)(C)CCCC1C2CCC(C2)C1C[N+](C)(C)C.[I-]. The highest BCUT2D eigenvalue weighted by Gasteiger charge is 2.48. The first-order valence-electron chi connectivity index (χ1n) is 8.27. The van der Waals surface area contributed by atoms with Gasteiger partial charge in [-0.25, -0.2) is 0 Å². The molecule has 2 fully saturated rings. The molecule has 0 radical (unpaired) electrons. The molecule has 0 spiro atoms. The van der Waals surface area contributed by atoms with Gasteiger partial charge in [-0.1, -0.05) is 0 Å². The number of nitrogens with zero attached hydrogens (tertiary/aromatic N) is 2. The molecule has 0 aliphatic heterocycles. The number of halogens is 1. The molecule has 3 heteroatoms. The Hall–Kier alpha value is 0.650. The molecule has 2 nitrogen and oxygen atoms in total. The van der Waals surface area contributed by atoms with Crippen LogP contribution in [0.1, 0.15) is 32.1 Å². The van der Waals surface area contributed by atoms with Crippen molar-refractivity contribution < 1.29 is 32.9 Å². The minimum absolute atomic E-state index is 0. The standard InChI is InChI=1S/C17H36N2.HI/c1-18(2,3)11-7-8-16-14-9-10-15(12-14)17(16)13-19(4,5)6;/h14-17H,7-13H2,1-6H3;1H/q+2;/p-1. The highest BCUT2D eigenvalue weighted by Crippen LogP contribution is 2.54. The summed E-state index contributed by atoms with van der Waals surface area (Å²) in [5.74, 6) is 4.21. The second-order valence-electron chi connectivity index (χ2n) is 9.29. The third-order valence-electron chi connectivity index (χ3n) is 5.40. The van der Waals surface area contributed by atoms with Crippen LogP contribution in [0.5, 0.6) is 0 Å². The molecular weight excluding hydrogens is 359 g/mol. The van der Waals surface area contributed by atoms with Gasteiger partial charge in [-0.05, 0) is 49.9 Å². The van der Waals surface area contributed by atoms with Crippen molar-refractivity contribution in [1.29, 1.82) is 0 Å². The van der Waals surface area contributed by atoms with Crippen LogP contribution in [0.15, 0.2) is 0 Å². The lowest BCUT2D eigenvalue weighted by molar-refractivity contribution is -0.875. The van der Waals surface area contributed by atoms with E-state index in [4.69, 9.17) is 0 Å². The van der Waals surface area contributed by atoms with Gasteiger partial charge in [0.05, 0.1) is 55.4 Å². The van der Waals surface area contributed by atoms with Gasteiger partial charge >= 0.3 is 0 Å². The van der Waals surface area contributed by atoms with Gasteiger partial charge in [0.15, 0.2) is 0 Å². The van der Waals surface area contributed by atoms with E-state index in [2.05, 4.69) is 42.3 Å². The van der Waals surface area contributed by atoms with Crippen molar-refractivity contribution in [2.75, 3.05) is 55.4 Å². The molecule has 4 atom stereocenters. The van der Waals surface area contributed by atoms with Crippen LogP contribution in [0.4, 0.5) is 0 Å². The second kappa shape index (κ2) is 6.82. The summed E-state index contributed by atoms with van der Waals surface area (Å²) in [4.78, 5) is 0. The number of quaternary nitrogens is 2. The van der Waals surface area contributed by atoms with Crippen molar-refractivity contribution in [2.45, 2.75) is 32.1 Å². The van der Waals surface area contributed by atoms with Gasteiger partial charge in [0, 0.05) is 5.92 Å². The average Bonchev–Trinajstić information content (AvgIpc) is 2.76. The van der Waals surface area contributed by atoms with Gasteiger partial charge in [-0.15, -0.1) is 0 Å². The minimum Gasteiger partial charge on any atom is -1.00 e. The van der Waals surface area contributed by atoms with E-state index in [9.17, 15) is 0 Å². The van der Waals surface area contributed by atoms with Gasteiger partial charge < -0.3 is 32.9 Å². The first-order valence-corrected chi connectivity index (χ1v) is 8.27. The Labute approximate surface area is 144 Å². The Bertz CT molecular complexity index is 303. The van der Waals surface area contributed by atoms with Gasteiger partial charge in [0.2, 0.25) is 0 Å². The third-order valence-corrected chi connectivity index (χ3v) is 5.40. The van der Waals surface area contributed by atoms with E-state index < -0.39 is 0 Å².